The van der Waals surface area contributed by atoms with Crippen molar-refractivity contribution in [3.05, 3.63) is 11.1 Å². The number of nitrogen functional groups attached to an aromatic ring is 1. The predicted octanol–water partition coefficient (Wildman–Crippen LogP) is 1.35. The molecular weight excluding hydrogens is 346 g/mol. The highest BCUT2D eigenvalue weighted by Gasteiger charge is 2.34. The van der Waals surface area contributed by atoms with Gasteiger partial charge in [-0.2, -0.15) is 17.0 Å². The van der Waals surface area contributed by atoms with E-state index in [4.69, 9.17) is 5.73 Å². The van der Waals surface area contributed by atoms with Crippen LogP contribution in [0.15, 0.2) is 6.20 Å². The summed E-state index contributed by atoms with van der Waals surface area (Å²) in [5.41, 5.74) is 5.66. The van der Waals surface area contributed by atoms with Crippen LogP contribution in [0.1, 0.15) is 37.0 Å². The van der Waals surface area contributed by atoms with Crippen LogP contribution in [0, 0.1) is 0 Å². The smallest absolute Gasteiger partial charge is 0.282 e. The van der Waals surface area contributed by atoms with Gasteiger partial charge in [-0.3, -0.25) is 4.90 Å². The van der Waals surface area contributed by atoms with Crippen molar-refractivity contribution in [1.29, 1.82) is 0 Å². The molecule has 0 bridgehead atoms. The highest BCUT2D eigenvalue weighted by molar-refractivity contribution is 7.86. The van der Waals surface area contributed by atoms with Crippen molar-refractivity contribution < 1.29 is 8.42 Å². The molecule has 1 saturated heterocycles. The maximum absolute atomic E-state index is 12.9. The third-order valence-corrected chi connectivity index (χ3v) is 7.92. The fourth-order valence-corrected chi connectivity index (χ4v) is 5.85. The molecule has 0 radical (unpaired) electrons. The fraction of sp³-hybridized carbons (Fsp3) is 0.800. The second-order valence-electron chi connectivity index (χ2n) is 6.66. The minimum absolute atomic E-state index is 0.168. The average Bonchev–Trinajstić information content (AvgIpc) is 3.00. The number of nitrogens with two attached hydrogens (primary N) is 1. The van der Waals surface area contributed by atoms with Gasteiger partial charge in [0.2, 0.25) is 0 Å². The monoisotopic (exact) mass is 373 g/mol. The van der Waals surface area contributed by atoms with Crippen LogP contribution in [0.5, 0.6) is 0 Å². The number of rotatable bonds is 5. The lowest BCUT2D eigenvalue weighted by molar-refractivity contribution is 0.171. The first-order valence-corrected chi connectivity index (χ1v) is 10.8. The summed E-state index contributed by atoms with van der Waals surface area (Å²) in [5.74, 6) is 0. The molecule has 2 fully saturated rings. The Labute approximate surface area is 148 Å². The molecule has 7 nitrogen and oxygen atoms in total. The van der Waals surface area contributed by atoms with Crippen molar-refractivity contribution >= 4 is 26.7 Å². The van der Waals surface area contributed by atoms with E-state index in [1.807, 2.05) is 0 Å². The molecular formula is C15H27N5O2S2. The number of piperazine rings is 1. The third-order valence-electron chi connectivity index (χ3n) is 5.06. The minimum Gasteiger partial charge on any atom is -0.375 e. The molecule has 9 heteroatoms. The van der Waals surface area contributed by atoms with E-state index in [-0.39, 0.29) is 6.04 Å². The second-order valence-corrected chi connectivity index (χ2v) is 9.79. The molecule has 2 N–H and O–H groups in total. The van der Waals surface area contributed by atoms with Gasteiger partial charge in [0.25, 0.3) is 10.2 Å². The third kappa shape index (κ3) is 4.08. The largest absolute Gasteiger partial charge is 0.375 e. The number of nitrogens with zero attached hydrogens (tertiary/aromatic N) is 4. The number of thiazole rings is 1. The fourth-order valence-electron chi connectivity index (χ4n) is 3.55. The van der Waals surface area contributed by atoms with Gasteiger partial charge in [-0.05, 0) is 12.8 Å². The maximum Gasteiger partial charge on any atom is 0.282 e. The zero-order chi connectivity index (χ0) is 17.2. The summed E-state index contributed by atoms with van der Waals surface area (Å²) >= 11 is 1.50. The summed E-state index contributed by atoms with van der Waals surface area (Å²) < 4.78 is 29.0. The molecule has 1 aliphatic heterocycles. The zero-order valence-corrected chi connectivity index (χ0v) is 15.9. The van der Waals surface area contributed by atoms with E-state index in [0.29, 0.717) is 18.2 Å². The molecule has 1 aromatic heterocycles. The van der Waals surface area contributed by atoms with E-state index < -0.39 is 10.2 Å². The molecule has 136 valence electrons. The van der Waals surface area contributed by atoms with E-state index in [2.05, 4.69) is 9.88 Å². The Hall–Kier alpha value is -0.740. The molecule has 0 spiro atoms. The second kappa shape index (κ2) is 7.65. The average molecular weight is 374 g/mol. The molecule has 1 aromatic rings. The highest BCUT2D eigenvalue weighted by atomic mass is 32.2. The predicted molar refractivity (Wildman–Crippen MR) is 96.9 cm³/mol. The lowest BCUT2D eigenvalue weighted by atomic mass is 9.96. The Kier molecular flexibility index (Phi) is 5.76. The van der Waals surface area contributed by atoms with Gasteiger partial charge in [0, 0.05) is 56.9 Å². The van der Waals surface area contributed by atoms with Gasteiger partial charge in [-0.15, -0.1) is 11.3 Å². The Morgan fingerprint density at radius 3 is 2.50 bits per heavy atom. The van der Waals surface area contributed by atoms with Crippen LogP contribution in [0.2, 0.25) is 0 Å². The highest BCUT2D eigenvalue weighted by Crippen LogP contribution is 2.25. The molecule has 1 aliphatic carbocycles. The Morgan fingerprint density at radius 1 is 1.25 bits per heavy atom. The molecule has 24 heavy (non-hydrogen) atoms. The van der Waals surface area contributed by atoms with Crippen molar-refractivity contribution in [2.75, 3.05) is 39.0 Å². The number of aromatic nitrogens is 1. The van der Waals surface area contributed by atoms with Crippen LogP contribution in [0.25, 0.3) is 0 Å². The summed E-state index contributed by atoms with van der Waals surface area (Å²) in [7, 11) is -1.60. The normalized spacial score (nSPS) is 22.2. The first-order valence-electron chi connectivity index (χ1n) is 8.62. The quantitative estimate of drug-likeness (QED) is 0.842. The Bertz CT molecular complexity index is 634. The molecule has 2 heterocycles. The van der Waals surface area contributed by atoms with E-state index in [1.54, 1.807) is 21.9 Å². The Balaban J connectivity index is 1.54. The minimum atomic E-state index is -3.34. The van der Waals surface area contributed by atoms with E-state index in [0.717, 1.165) is 50.2 Å². The Morgan fingerprint density at radius 2 is 1.92 bits per heavy atom. The lowest BCUT2D eigenvalue weighted by Gasteiger charge is -2.38. The van der Waals surface area contributed by atoms with Gasteiger partial charge in [0.15, 0.2) is 5.13 Å². The number of hydrogen-bond acceptors (Lipinski definition) is 6. The van der Waals surface area contributed by atoms with Crippen molar-refractivity contribution in [3.63, 3.8) is 0 Å². The van der Waals surface area contributed by atoms with Crippen LogP contribution in [0.3, 0.4) is 0 Å². The van der Waals surface area contributed by atoms with Crippen molar-refractivity contribution in [1.82, 2.24) is 18.5 Å². The number of anilines is 1. The van der Waals surface area contributed by atoms with Gasteiger partial charge in [-0.1, -0.05) is 19.3 Å². The van der Waals surface area contributed by atoms with Crippen molar-refractivity contribution in [2.45, 2.75) is 44.7 Å². The van der Waals surface area contributed by atoms with Crippen molar-refractivity contribution in [3.8, 4) is 0 Å². The molecule has 2 aliphatic rings. The van der Waals surface area contributed by atoms with Crippen LogP contribution in [-0.2, 0) is 16.8 Å². The van der Waals surface area contributed by atoms with E-state index in [1.165, 1.54) is 17.8 Å². The lowest BCUT2D eigenvalue weighted by Crippen LogP contribution is -2.54. The van der Waals surface area contributed by atoms with Crippen LogP contribution in [0.4, 0.5) is 5.13 Å². The first-order chi connectivity index (χ1) is 11.5. The summed E-state index contributed by atoms with van der Waals surface area (Å²) in [6.07, 6.45) is 7.28. The number of hydrogen-bond donors (Lipinski definition) is 1. The van der Waals surface area contributed by atoms with Gasteiger partial charge in [-0.25, -0.2) is 4.98 Å². The maximum atomic E-state index is 12.9. The summed E-state index contributed by atoms with van der Waals surface area (Å²) in [5, 5.41) is 0.584. The summed E-state index contributed by atoms with van der Waals surface area (Å²) in [4.78, 5) is 7.46. The van der Waals surface area contributed by atoms with Crippen molar-refractivity contribution in [2.24, 2.45) is 0 Å². The van der Waals surface area contributed by atoms with Gasteiger partial charge >= 0.3 is 0 Å². The summed E-state index contributed by atoms with van der Waals surface area (Å²) in [6.45, 7) is 3.38. The molecule has 0 amide bonds. The van der Waals surface area contributed by atoms with Gasteiger partial charge in [0.05, 0.1) is 0 Å². The topological polar surface area (TPSA) is 82.8 Å². The van der Waals surface area contributed by atoms with Gasteiger partial charge < -0.3 is 5.73 Å². The molecule has 0 atom stereocenters. The van der Waals surface area contributed by atoms with Crippen LogP contribution < -0.4 is 5.73 Å². The molecule has 3 rings (SSSR count). The molecule has 1 saturated carbocycles. The first kappa shape index (κ1) is 18.1. The standard InChI is InChI=1S/C15H27N5O2S2/c1-18(13-5-3-2-4-6-13)24(21,22)20-9-7-19(8-10-20)12-14-11-17-15(16)23-14/h11,13H,2-10,12H2,1H3,(H2,16,17). The van der Waals surface area contributed by atoms with E-state index in [9.17, 15) is 8.42 Å². The molecule has 0 unspecified atom stereocenters. The zero-order valence-electron chi connectivity index (χ0n) is 14.2. The van der Waals surface area contributed by atoms with Gasteiger partial charge in [0.1, 0.15) is 0 Å². The summed E-state index contributed by atoms with van der Waals surface area (Å²) in [6, 6.07) is 0.168. The molecule has 0 aromatic carbocycles. The van der Waals surface area contributed by atoms with Crippen LogP contribution in [-0.4, -0.2) is 66.2 Å². The van der Waals surface area contributed by atoms with Crippen LogP contribution >= 0.6 is 11.3 Å². The SMILES string of the molecule is CN(C1CCCCC1)S(=O)(=O)N1CCN(Cc2cnc(N)s2)CC1. The van der Waals surface area contributed by atoms with E-state index >= 15 is 0 Å².